The maximum Gasteiger partial charge on any atom is 0.0628 e. The van der Waals surface area contributed by atoms with E-state index in [2.05, 4.69) is 24.1 Å². The predicted molar refractivity (Wildman–Crippen MR) is 78.0 cm³/mol. The molecule has 1 aliphatic rings. The van der Waals surface area contributed by atoms with Crippen LogP contribution in [0.5, 0.6) is 0 Å². The van der Waals surface area contributed by atoms with Crippen LogP contribution in [0, 0.1) is 5.92 Å². The average molecular weight is 256 g/mol. The van der Waals surface area contributed by atoms with Gasteiger partial charge in [-0.3, -0.25) is 4.90 Å². The monoisotopic (exact) mass is 256 g/mol. The van der Waals surface area contributed by atoms with Crippen LogP contribution in [0.4, 0.5) is 0 Å². The Kier molecular flexibility index (Phi) is 7.87. The summed E-state index contributed by atoms with van der Waals surface area (Å²) in [7, 11) is 3.83. The highest BCUT2D eigenvalue weighted by molar-refractivity contribution is 4.81. The molecule has 3 heteroatoms. The minimum Gasteiger partial charge on any atom is -0.383 e. The molecule has 0 amide bonds. The molecule has 0 aromatic carbocycles. The summed E-state index contributed by atoms with van der Waals surface area (Å²) in [5.41, 5.74) is 0. The normalized spacial score (nSPS) is 19.0. The van der Waals surface area contributed by atoms with Gasteiger partial charge in [0.15, 0.2) is 0 Å². The largest absolute Gasteiger partial charge is 0.383 e. The first-order chi connectivity index (χ1) is 8.67. The first kappa shape index (κ1) is 15.9. The molecular weight excluding hydrogens is 224 g/mol. The number of nitrogens with zero attached hydrogens (tertiary/aromatic N) is 1. The molecular formula is C15H32N2O. The molecule has 1 unspecified atom stereocenters. The number of hydrogen-bond acceptors (Lipinski definition) is 3. The number of likely N-dealkylation sites (N-methyl/N-ethyl adjacent to an activating group) is 1. The highest BCUT2D eigenvalue weighted by Crippen LogP contribution is 2.24. The Labute approximate surface area is 113 Å². The smallest absolute Gasteiger partial charge is 0.0628 e. The van der Waals surface area contributed by atoms with E-state index in [4.69, 9.17) is 4.74 Å². The van der Waals surface area contributed by atoms with Crippen molar-refractivity contribution in [2.24, 2.45) is 5.92 Å². The van der Waals surface area contributed by atoms with E-state index < -0.39 is 0 Å². The lowest BCUT2D eigenvalue weighted by atomic mass is 10.1. The Morgan fingerprint density at radius 2 is 1.94 bits per heavy atom. The van der Waals surface area contributed by atoms with Crippen LogP contribution in [0.2, 0.25) is 0 Å². The van der Waals surface area contributed by atoms with Crippen LogP contribution in [0.3, 0.4) is 0 Å². The van der Waals surface area contributed by atoms with Crippen LogP contribution in [0.1, 0.15) is 46.0 Å². The maximum absolute atomic E-state index is 5.29. The Bertz CT molecular complexity index is 203. The second kappa shape index (κ2) is 8.89. The van der Waals surface area contributed by atoms with E-state index in [-0.39, 0.29) is 0 Å². The highest BCUT2D eigenvalue weighted by Gasteiger charge is 2.24. The van der Waals surface area contributed by atoms with Crippen molar-refractivity contribution in [3.63, 3.8) is 0 Å². The minimum absolute atomic E-state index is 0.461. The second-order valence-corrected chi connectivity index (χ2v) is 6.06. The van der Waals surface area contributed by atoms with Crippen molar-refractivity contribution in [3.8, 4) is 0 Å². The van der Waals surface area contributed by atoms with E-state index in [1.165, 1.54) is 38.6 Å². The van der Waals surface area contributed by atoms with Gasteiger partial charge in [0.1, 0.15) is 0 Å². The third kappa shape index (κ3) is 5.68. The minimum atomic E-state index is 0.461. The van der Waals surface area contributed by atoms with Crippen LogP contribution < -0.4 is 5.32 Å². The number of methoxy groups -OCH3 is 1. The molecule has 108 valence electrons. The van der Waals surface area contributed by atoms with Crippen LogP contribution in [0.25, 0.3) is 0 Å². The summed E-state index contributed by atoms with van der Waals surface area (Å²) in [4.78, 5) is 2.70. The summed E-state index contributed by atoms with van der Waals surface area (Å²) in [6, 6.07) is 1.28. The molecule has 1 rings (SSSR count). The van der Waals surface area contributed by atoms with Crippen molar-refractivity contribution < 1.29 is 4.74 Å². The summed E-state index contributed by atoms with van der Waals surface area (Å²) in [6.07, 6.45) is 6.91. The lowest BCUT2D eigenvalue weighted by Gasteiger charge is -2.32. The van der Waals surface area contributed by atoms with Gasteiger partial charge in [0.2, 0.25) is 0 Å². The first-order valence-electron chi connectivity index (χ1n) is 7.57. The van der Waals surface area contributed by atoms with Crippen molar-refractivity contribution in [3.05, 3.63) is 0 Å². The molecule has 0 spiro atoms. The number of hydrogen-bond donors (Lipinski definition) is 1. The molecule has 0 aliphatic heterocycles. The van der Waals surface area contributed by atoms with Gasteiger partial charge in [-0.2, -0.15) is 0 Å². The van der Waals surface area contributed by atoms with Crippen LogP contribution >= 0.6 is 0 Å². The average Bonchev–Trinajstić information content (AvgIpc) is 2.86. The van der Waals surface area contributed by atoms with E-state index in [1.807, 2.05) is 7.05 Å². The molecule has 3 nitrogen and oxygen atoms in total. The molecule has 1 atom stereocenters. The summed E-state index contributed by atoms with van der Waals surface area (Å²) in [6.45, 7) is 7.81. The van der Waals surface area contributed by atoms with E-state index in [0.29, 0.717) is 6.04 Å². The summed E-state index contributed by atoms with van der Waals surface area (Å²) in [5.74, 6) is 0.796. The van der Waals surface area contributed by atoms with Crippen LogP contribution in [-0.2, 0) is 4.74 Å². The zero-order chi connectivity index (χ0) is 13.4. The third-order valence-electron chi connectivity index (χ3n) is 4.07. The van der Waals surface area contributed by atoms with Gasteiger partial charge in [-0.1, -0.05) is 26.7 Å². The van der Waals surface area contributed by atoms with E-state index in [1.54, 1.807) is 7.11 Å². The topological polar surface area (TPSA) is 24.5 Å². The van der Waals surface area contributed by atoms with Gasteiger partial charge in [0.25, 0.3) is 0 Å². The number of nitrogens with one attached hydrogen (secondary N) is 1. The standard InChI is InChI=1S/C15H32N2O/c1-13(2)9-10-17(15-7-5-6-8-15)11-14(16-3)12-18-4/h13-16H,5-12H2,1-4H3. The lowest BCUT2D eigenvalue weighted by Crippen LogP contribution is -2.46. The Morgan fingerprint density at radius 3 is 2.44 bits per heavy atom. The zero-order valence-corrected chi connectivity index (χ0v) is 12.7. The fraction of sp³-hybridized carbons (Fsp3) is 1.00. The fourth-order valence-electron chi connectivity index (χ4n) is 2.83. The Hall–Kier alpha value is -0.120. The molecule has 1 fully saturated rings. The molecule has 18 heavy (non-hydrogen) atoms. The van der Waals surface area contributed by atoms with Gasteiger partial charge in [0, 0.05) is 25.7 Å². The van der Waals surface area contributed by atoms with Gasteiger partial charge < -0.3 is 10.1 Å². The molecule has 1 aliphatic carbocycles. The summed E-state index contributed by atoms with van der Waals surface area (Å²) in [5, 5.41) is 3.38. The van der Waals surface area contributed by atoms with E-state index in [9.17, 15) is 0 Å². The van der Waals surface area contributed by atoms with Gasteiger partial charge in [-0.05, 0) is 38.8 Å². The highest BCUT2D eigenvalue weighted by atomic mass is 16.5. The zero-order valence-electron chi connectivity index (χ0n) is 12.7. The van der Waals surface area contributed by atoms with Gasteiger partial charge in [-0.25, -0.2) is 0 Å². The quantitative estimate of drug-likeness (QED) is 0.686. The van der Waals surface area contributed by atoms with Crippen LogP contribution in [-0.4, -0.2) is 50.8 Å². The Balaban J connectivity index is 2.46. The lowest BCUT2D eigenvalue weighted by molar-refractivity contribution is 0.118. The van der Waals surface area contributed by atoms with Crippen molar-refractivity contribution in [2.45, 2.75) is 58.0 Å². The molecule has 0 aromatic rings. The second-order valence-electron chi connectivity index (χ2n) is 6.06. The number of rotatable bonds is 9. The molecule has 0 aromatic heterocycles. The van der Waals surface area contributed by atoms with Crippen molar-refractivity contribution >= 4 is 0 Å². The molecule has 0 saturated heterocycles. The maximum atomic E-state index is 5.29. The Morgan fingerprint density at radius 1 is 1.28 bits per heavy atom. The predicted octanol–water partition coefficient (Wildman–Crippen LogP) is 2.51. The van der Waals surface area contributed by atoms with Gasteiger partial charge in [-0.15, -0.1) is 0 Å². The van der Waals surface area contributed by atoms with E-state index >= 15 is 0 Å². The molecule has 1 saturated carbocycles. The van der Waals surface area contributed by atoms with Crippen molar-refractivity contribution in [2.75, 3.05) is 33.9 Å². The molecule has 0 bridgehead atoms. The fourth-order valence-corrected chi connectivity index (χ4v) is 2.83. The van der Waals surface area contributed by atoms with Crippen LogP contribution in [0.15, 0.2) is 0 Å². The van der Waals surface area contributed by atoms with Gasteiger partial charge >= 0.3 is 0 Å². The van der Waals surface area contributed by atoms with Crippen molar-refractivity contribution in [1.29, 1.82) is 0 Å². The first-order valence-corrected chi connectivity index (χ1v) is 7.57. The molecule has 0 heterocycles. The SMILES string of the molecule is CNC(COC)CN(CCC(C)C)C1CCCC1. The summed E-state index contributed by atoms with van der Waals surface area (Å²) < 4.78 is 5.29. The molecule has 0 radical (unpaired) electrons. The van der Waals surface area contributed by atoms with Crippen molar-refractivity contribution in [1.82, 2.24) is 10.2 Å². The summed E-state index contributed by atoms with van der Waals surface area (Å²) >= 11 is 0. The van der Waals surface area contributed by atoms with Gasteiger partial charge in [0.05, 0.1) is 6.61 Å². The number of ether oxygens (including phenoxy) is 1. The molecule has 1 N–H and O–H groups in total. The van der Waals surface area contributed by atoms with E-state index in [0.717, 1.165) is 25.1 Å². The third-order valence-corrected chi connectivity index (χ3v) is 4.07.